The lowest BCUT2D eigenvalue weighted by Gasteiger charge is -2.39. The molecule has 3 aromatic rings. The van der Waals surface area contributed by atoms with Crippen molar-refractivity contribution >= 4 is 5.91 Å². The quantitative estimate of drug-likeness (QED) is 0.645. The van der Waals surface area contributed by atoms with E-state index in [1.807, 2.05) is 23.4 Å². The molecule has 0 bridgehead atoms. The Morgan fingerprint density at radius 3 is 2.69 bits per heavy atom. The van der Waals surface area contributed by atoms with E-state index < -0.39 is 0 Å². The molecule has 0 aliphatic carbocycles. The zero-order chi connectivity index (χ0) is 20.4. The highest BCUT2D eigenvalue weighted by Crippen LogP contribution is 2.32. The van der Waals surface area contributed by atoms with E-state index in [-0.39, 0.29) is 11.8 Å². The molecule has 7 heteroatoms. The Bertz CT molecular complexity index is 1010. The van der Waals surface area contributed by atoms with Crippen LogP contribution in [0.5, 0.6) is 11.5 Å². The van der Waals surface area contributed by atoms with Crippen LogP contribution in [0, 0.1) is 6.92 Å². The number of hydrogen-bond donors (Lipinski definition) is 0. The number of methoxy groups -OCH3 is 2. The Morgan fingerprint density at radius 2 is 2.00 bits per heavy atom. The minimum absolute atomic E-state index is 0.0390. The Labute approximate surface area is 169 Å². The zero-order valence-corrected chi connectivity index (χ0v) is 16.8. The molecule has 7 nitrogen and oxygen atoms in total. The summed E-state index contributed by atoms with van der Waals surface area (Å²) in [6.07, 6.45) is 5.53. The van der Waals surface area contributed by atoms with E-state index in [4.69, 9.17) is 9.47 Å². The number of ether oxygens (including phenoxy) is 2. The van der Waals surface area contributed by atoms with Gasteiger partial charge in [-0.15, -0.1) is 0 Å². The number of likely N-dealkylation sites (tertiary alicyclic amines) is 1. The molecule has 1 saturated heterocycles. The van der Waals surface area contributed by atoms with Crippen molar-refractivity contribution in [2.75, 3.05) is 27.3 Å². The van der Waals surface area contributed by atoms with Gasteiger partial charge in [-0.25, -0.2) is 4.98 Å². The summed E-state index contributed by atoms with van der Waals surface area (Å²) in [6.45, 7) is 4.05. The molecule has 0 spiro atoms. The normalized spacial score (nSPS) is 13.8. The molecule has 4 rings (SSSR count). The number of rotatable bonds is 6. The summed E-state index contributed by atoms with van der Waals surface area (Å²) in [5.41, 5.74) is 2.78. The summed E-state index contributed by atoms with van der Waals surface area (Å²) in [6, 6.07) is 9.25. The van der Waals surface area contributed by atoms with Crippen molar-refractivity contribution < 1.29 is 14.3 Å². The number of benzene rings is 1. The number of carbonyl (C=O) groups is 1. The third-order valence-corrected chi connectivity index (χ3v) is 5.32. The lowest BCUT2D eigenvalue weighted by atomic mass is 9.97. The van der Waals surface area contributed by atoms with Crippen molar-refractivity contribution in [3.63, 3.8) is 0 Å². The van der Waals surface area contributed by atoms with Gasteiger partial charge in [0.05, 0.1) is 32.2 Å². The first-order valence-electron chi connectivity index (χ1n) is 9.53. The van der Waals surface area contributed by atoms with Crippen LogP contribution in [-0.4, -0.2) is 52.7 Å². The van der Waals surface area contributed by atoms with Gasteiger partial charge < -0.3 is 18.9 Å². The first kappa shape index (κ1) is 19.0. The summed E-state index contributed by atoms with van der Waals surface area (Å²) >= 11 is 0. The Morgan fingerprint density at radius 1 is 1.17 bits per heavy atom. The van der Waals surface area contributed by atoms with E-state index in [1.165, 1.54) is 0 Å². The van der Waals surface area contributed by atoms with Crippen LogP contribution in [-0.2, 0) is 6.54 Å². The molecule has 0 N–H and O–H groups in total. The van der Waals surface area contributed by atoms with Crippen molar-refractivity contribution in [3.8, 4) is 11.5 Å². The fourth-order valence-electron chi connectivity index (χ4n) is 3.64. The number of imidazole rings is 1. The zero-order valence-electron chi connectivity index (χ0n) is 16.8. The molecule has 3 heterocycles. The van der Waals surface area contributed by atoms with Gasteiger partial charge in [0.25, 0.3) is 5.91 Å². The molecule has 0 atom stereocenters. The number of carbonyl (C=O) groups excluding carboxylic acids is 1. The van der Waals surface area contributed by atoms with Gasteiger partial charge in [-0.1, -0.05) is 6.07 Å². The van der Waals surface area contributed by atoms with Crippen molar-refractivity contribution in [1.82, 2.24) is 19.4 Å². The van der Waals surface area contributed by atoms with E-state index in [1.54, 1.807) is 38.6 Å². The van der Waals surface area contributed by atoms with E-state index >= 15 is 0 Å². The maximum atomic E-state index is 12.9. The molecule has 1 amide bonds. The average molecular weight is 392 g/mol. The van der Waals surface area contributed by atoms with Crippen LogP contribution in [0.15, 0.2) is 48.9 Å². The van der Waals surface area contributed by atoms with Gasteiger partial charge in [0.2, 0.25) is 0 Å². The number of hydrogen-bond acceptors (Lipinski definition) is 5. The molecule has 1 fully saturated rings. The van der Waals surface area contributed by atoms with Crippen molar-refractivity contribution in [2.24, 2.45) is 0 Å². The van der Waals surface area contributed by atoms with Crippen LogP contribution >= 0.6 is 0 Å². The number of amides is 1. The van der Waals surface area contributed by atoms with E-state index in [9.17, 15) is 4.79 Å². The topological polar surface area (TPSA) is 69.5 Å². The van der Waals surface area contributed by atoms with Gasteiger partial charge in [0.15, 0.2) is 0 Å². The number of aromatic nitrogens is 3. The number of pyridine rings is 1. The van der Waals surface area contributed by atoms with Crippen LogP contribution < -0.4 is 9.47 Å². The lowest BCUT2D eigenvalue weighted by Crippen LogP contribution is -2.49. The molecule has 0 radical (unpaired) electrons. The highest BCUT2D eigenvalue weighted by Gasteiger charge is 2.36. The van der Waals surface area contributed by atoms with Crippen molar-refractivity contribution in [1.29, 1.82) is 0 Å². The Balaban J connectivity index is 1.47. The highest BCUT2D eigenvalue weighted by molar-refractivity contribution is 5.97. The van der Waals surface area contributed by atoms with E-state index in [2.05, 4.69) is 27.5 Å². The summed E-state index contributed by atoms with van der Waals surface area (Å²) in [4.78, 5) is 23.6. The van der Waals surface area contributed by atoms with Gasteiger partial charge in [-0.05, 0) is 30.7 Å². The summed E-state index contributed by atoms with van der Waals surface area (Å²) in [7, 11) is 3.15. The van der Waals surface area contributed by atoms with Crippen LogP contribution in [0.25, 0.3) is 0 Å². The first-order valence-corrected chi connectivity index (χ1v) is 9.53. The highest BCUT2D eigenvalue weighted by atomic mass is 16.5. The average Bonchev–Trinajstić information content (AvgIpc) is 3.07. The number of aryl methyl sites for hydroxylation is 1. The summed E-state index contributed by atoms with van der Waals surface area (Å²) in [5, 5.41) is 0. The summed E-state index contributed by atoms with van der Waals surface area (Å²) < 4.78 is 12.8. The van der Waals surface area contributed by atoms with E-state index in [0.717, 1.165) is 23.6 Å². The molecule has 1 aliphatic rings. The fraction of sp³-hybridized carbons (Fsp3) is 0.318. The van der Waals surface area contributed by atoms with Crippen LogP contribution in [0.1, 0.15) is 33.4 Å². The van der Waals surface area contributed by atoms with Gasteiger partial charge in [0, 0.05) is 43.4 Å². The fourth-order valence-corrected chi connectivity index (χ4v) is 3.64. The van der Waals surface area contributed by atoms with Crippen molar-refractivity contribution in [2.45, 2.75) is 19.4 Å². The molecule has 2 aromatic heterocycles. The third-order valence-electron chi connectivity index (χ3n) is 5.32. The van der Waals surface area contributed by atoms with Gasteiger partial charge in [-0.2, -0.15) is 0 Å². The van der Waals surface area contributed by atoms with Crippen LogP contribution in [0.4, 0.5) is 0 Å². The lowest BCUT2D eigenvalue weighted by molar-refractivity contribution is 0.0588. The van der Waals surface area contributed by atoms with E-state index in [0.29, 0.717) is 30.2 Å². The van der Waals surface area contributed by atoms with Gasteiger partial charge in [0.1, 0.15) is 17.3 Å². The monoisotopic (exact) mass is 392 g/mol. The summed E-state index contributed by atoms with van der Waals surface area (Å²) in [5.74, 6) is 2.37. The second-order valence-corrected chi connectivity index (χ2v) is 7.18. The molecule has 0 saturated carbocycles. The first-order chi connectivity index (χ1) is 14.1. The standard InChI is InChI=1S/C22H24N4O3/c1-15-10-24-21(26(15)12-16-5-4-8-23-11-16)17-13-25(14-17)22(27)19-7-6-18(28-2)9-20(19)29-3/h4-11,17H,12-14H2,1-3H3. The maximum absolute atomic E-state index is 12.9. The number of nitrogens with zero attached hydrogens (tertiary/aromatic N) is 4. The predicted octanol–water partition coefficient (Wildman–Crippen LogP) is 2.89. The third kappa shape index (κ3) is 3.68. The van der Waals surface area contributed by atoms with Crippen molar-refractivity contribution in [3.05, 3.63) is 71.6 Å². The molecule has 150 valence electrons. The molecule has 1 aromatic carbocycles. The van der Waals surface area contributed by atoms with Gasteiger partial charge in [-0.3, -0.25) is 9.78 Å². The SMILES string of the molecule is COc1ccc(C(=O)N2CC(c3ncc(C)n3Cc3cccnc3)C2)c(OC)c1. The maximum Gasteiger partial charge on any atom is 0.257 e. The van der Waals surface area contributed by atoms with Crippen LogP contribution in [0.3, 0.4) is 0 Å². The second-order valence-electron chi connectivity index (χ2n) is 7.18. The van der Waals surface area contributed by atoms with Crippen LogP contribution in [0.2, 0.25) is 0 Å². The Hall–Kier alpha value is -3.35. The largest absolute Gasteiger partial charge is 0.497 e. The molecule has 0 unspecified atom stereocenters. The minimum Gasteiger partial charge on any atom is -0.497 e. The molecular weight excluding hydrogens is 368 g/mol. The smallest absolute Gasteiger partial charge is 0.257 e. The predicted molar refractivity (Wildman–Crippen MR) is 108 cm³/mol. The Kier molecular flexibility index (Phi) is 5.20. The van der Waals surface area contributed by atoms with Gasteiger partial charge >= 0.3 is 0 Å². The second kappa shape index (κ2) is 7.95. The molecular formula is C22H24N4O3. The minimum atomic E-state index is -0.0390. The molecule has 1 aliphatic heterocycles. The molecule has 29 heavy (non-hydrogen) atoms.